The molecule has 3 heteroatoms. The molecule has 0 saturated carbocycles. The van der Waals surface area contributed by atoms with Gasteiger partial charge in [-0.2, -0.15) is 0 Å². The predicted octanol–water partition coefficient (Wildman–Crippen LogP) is 3.09. The number of methoxy groups -OCH3 is 1. The number of aryl methyl sites for hydroxylation is 1. The van der Waals surface area contributed by atoms with Crippen LogP contribution in [0.15, 0.2) is 42.5 Å². The number of hydrogen-bond donors (Lipinski definition) is 1. The molecule has 0 bridgehead atoms. The van der Waals surface area contributed by atoms with Gasteiger partial charge in [-0.25, -0.2) is 0 Å². The van der Waals surface area contributed by atoms with Crippen LogP contribution in [-0.4, -0.2) is 19.1 Å². The molecule has 21 heavy (non-hydrogen) atoms. The Kier molecular flexibility index (Phi) is 5.37. The molecule has 0 saturated heterocycles. The highest BCUT2D eigenvalue weighted by molar-refractivity contribution is 5.36. The van der Waals surface area contributed by atoms with Gasteiger partial charge in [0, 0.05) is 25.2 Å². The Morgan fingerprint density at radius 1 is 1.00 bits per heavy atom. The average Bonchev–Trinajstić information content (AvgIpc) is 2.48. The zero-order chi connectivity index (χ0) is 15.2. The van der Waals surface area contributed by atoms with Crippen LogP contribution >= 0.6 is 0 Å². The van der Waals surface area contributed by atoms with Crippen molar-refractivity contribution in [2.75, 3.05) is 14.2 Å². The van der Waals surface area contributed by atoms with Crippen molar-refractivity contribution in [3.63, 3.8) is 0 Å². The first kappa shape index (κ1) is 15.5. The van der Waals surface area contributed by atoms with Gasteiger partial charge in [0.1, 0.15) is 5.75 Å². The molecule has 0 atom stereocenters. The van der Waals surface area contributed by atoms with Gasteiger partial charge < -0.3 is 10.5 Å². The SMILES string of the molecule is COc1ccc(C)cc1CN(C)Cc1ccc(CN)cc1. The van der Waals surface area contributed by atoms with Gasteiger partial charge in [0.2, 0.25) is 0 Å². The maximum atomic E-state index is 5.63. The molecular formula is C18H24N2O. The van der Waals surface area contributed by atoms with E-state index in [1.54, 1.807) is 7.11 Å². The molecule has 0 aliphatic heterocycles. The molecule has 3 nitrogen and oxygen atoms in total. The summed E-state index contributed by atoms with van der Waals surface area (Å²) in [5.41, 5.74) is 10.6. The third-order valence-electron chi connectivity index (χ3n) is 3.59. The molecule has 2 aromatic carbocycles. The first-order valence-corrected chi connectivity index (χ1v) is 7.22. The van der Waals surface area contributed by atoms with Gasteiger partial charge in [-0.15, -0.1) is 0 Å². The van der Waals surface area contributed by atoms with Gasteiger partial charge in [-0.05, 0) is 31.2 Å². The van der Waals surface area contributed by atoms with Crippen molar-refractivity contribution in [2.45, 2.75) is 26.6 Å². The van der Waals surface area contributed by atoms with Crippen LogP contribution in [0, 0.1) is 6.92 Å². The third-order valence-corrected chi connectivity index (χ3v) is 3.59. The van der Waals surface area contributed by atoms with Crippen LogP contribution < -0.4 is 10.5 Å². The Morgan fingerprint density at radius 2 is 1.67 bits per heavy atom. The quantitative estimate of drug-likeness (QED) is 0.886. The Hall–Kier alpha value is -1.84. The van der Waals surface area contributed by atoms with E-state index in [1.807, 2.05) is 6.07 Å². The second-order valence-electron chi connectivity index (χ2n) is 5.51. The third kappa shape index (κ3) is 4.31. The minimum atomic E-state index is 0.594. The van der Waals surface area contributed by atoms with Crippen molar-refractivity contribution >= 4 is 0 Å². The summed E-state index contributed by atoms with van der Waals surface area (Å²) < 4.78 is 5.44. The maximum absolute atomic E-state index is 5.63. The zero-order valence-electron chi connectivity index (χ0n) is 13.1. The summed E-state index contributed by atoms with van der Waals surface area (Å²) in [7, 11) is 3.85. The number of ether oxygens (including phenoxy) is 1. The summed E-state index contributed by atoms with van der Waals surface area (Å²) in [6, 6.07) is 14.8. The number of benzene rings is 2. The van der Waals surface area contributed by atoms with Gasteiger partial charge in [-0.3, -0.25) is 4.90 Å². The molecule has 0 heterocycles. The summed E-state index contributed by atoms with van der Waals surface area (Å²) in [5, 5.41) is 0. The van der Waals surface area contributed by atoms with Crippen molar-refractivity contribution in [2.24, 2.45) is 5.73 Å². The summed E-state index contributed by atoms with van der Waals surface area (Å²) in [6.07, 6.45) is 0. The number of nitrogens with zero attached hydrogens (tertiary/aromatic N) is 1. The highest BCUT2D eigenvalue weighted by Crippen LogP contribution is 2.21. The van der Waals surface area contributed by atoms with E-state index >= 15 is 0 Å². The molecule has 2 aromatic rings. The average molecular weight is 284 g/mol. The van der Waals surface area contributed by atoms with Crippen LogP contribution in [-0.2, 0) is 19.6 Å². The lowest BCUT2D eigenvalue weighted by atomic mass is 10.1. The van der Waals surface area contributed by atoms with E-state index in [-0.39, 0.29) is 0 Å². The van der Waals surface area contributed by atoms with Crippen molar-refractivity contribution in [3.8, 4) is 5.75 Å². The van der Waals surface area contributed by atoms with Gasteiger partial charge in [0.15, 0.2) is 0 Å². The molecule has 0 aliphatic carbocycles. The van der Waals surface area contributed by atoms with Gasteiger partial charge >= 0.3 is 0 Å². The van der Waals surface area contributed by atoms with E-state index in [2.05, 4.69) is 55.3 Å². The lowest BCUT2D eigenvalue weighted by Crippen LogP contribution is -2.17. The van der Waals surface area contributed by atoms with Crippen LogP contribution in [0.3, 0.4) is 0 Å². The Balaban J connectivity index is 2.03. The van der Waals surface area contributed by atoms with Crippen LogP contribution in [0.2, 0.25) is 0 Å². The Morgan fingerprint density at radius 3 is 2.29 bits per heavy atom. The molecule has 0 spiro atoms. The zero-order valence-corrected chi connectivity index (χ0v) is 13.1. The molecule has 2 N–H and O–H groups in total. The molecule has 112 valence electrons. The van der Waals surface area contributed by atoms with E-state index in [9.17, 15) is 0 Å². The van der Waals surface area contributed by atoms with Gasteiger partial charge in [0.25, 0.3) is 0 Å². The molecule has 2 rings (SSSR count). The number of nitrogens with two attached hydrogens (primary N) is 1. The van der Waals surface area contributed by atoms with Crippen LogP contribution in [0.25, 0.3) is 0 Å². The van der Waals surface area contributed by atoms with E-state index in [4.69, 9.17) is 10.5 Å². The second kappa shape index (κ2) is 7.25. The molecule has 0 amide bonds. The predicted molar refractivity (Wildman–Crippen MR) is 87.2 cm³/mol. The molecule has 0 radical (unpaired) electrons. The van der Waals surface area contributed by atoms with Crippen LogP contribution in [0.1, 0.15) is 22.3 Å². The Labute approximate surface area is 127 Å². The van der Waals surface area contributed by atoms with E-state index in [0.717, 1.165) is 18.8 Å². The fourth-order valence-electron chi connectivity index (χ4n) is 2.47. The normalized spacial score (nSPS) is 10.9. The number of rotatable bonds is 6. The van der Waals surface area contributed by atoms with Crippen molar-refractivity contribution in [1.82, 2.24) is 4.90 Å². The van der Waals surface area contributed by atoms with Crippen LogP contribution in [0.4, 0.5) is 0 Å². The van der Waals surface area contributed by atoms with Gasteiger partial charge in [-0.1, -0.05) is 42.0 Å². The summed E-state index contributed by atoms with van der Waals surface area (Å²) >= 11 is 0. The van der Waals surface area contributed by atoms with Crippen LogP contribution in [0.5, 0.6) is 5.75 Å². The maximum Gasteiger partial charge on any atom is 0.123 e. The Bertz CT molecular complexity index is 578. The topological polar surface area (TPSA) is 38.5 Å². The van der Waals surface area contributed by atoms with Crippen molar-refractivity contribution < 1.29 is 4.74 Å². The fourth-order valence-corrected chi connectivity index (χ4v) is 2.47. The molecule has 0 unspecified atom stereocenters. The molecule has 0 aromatic heterocycles. The van der Waals surface area contributed by atoms with E-state index in [0.29, 0.717) is 6.54 Å². The molecule has 0 aliphatic rings. The van der Waals surface area contributed by atoms with Crippen molar-refractivity contribution in [3.05, 3.63) is 64.7 Å². The first-order valence-electron chi connectivity index (χ1n) is 7.22. The summed E-state index contributed by atoms with van der Waals surface area (Å²) in [4.78, 5) is 2.29. The minimum absolute atomic E-state index is 0.594. The molecule has 0 fully saturated rings. The number of hydrogen-bond acceptors (Lipinski definition) is 3. The highest BCUT2D eigenvalue weighted by Gasteiger charge is 2.07. The highest BCUT2D eigenvalue weighted by atomic mass is 16.5. The second-order valence-corrected chi connectivity index (χ2v) is 5.51. The lowest BCUT2D eigenvalue weighted by molar-refractivity contribution is 0.310. The smallest absolute Gasteiger partial charge is 0.123 e. The summed E-state index contributed by atoms with van der Waals surface area (Å²) in [6.45, 7) is 4.47. The van der Waals surface area contributed by atoms with E-state index in [1.165, 1.54) is 22.3 Å². The monoisotopic (exact) mass is 284 g/mol. The van der Waals surface area contributed by atoms with E-state index < -0.39 is 0 Å². The molecular weight excluding hydrogens is 260 g/mol. The first-order chi connectivity index (χ1) is 10.1. The standard InChI is InChI=1S/C18H24N2O/c1-14-4-9-18(21-3)17(10-14)13-20(2)12-16-7-5-15(11-19)6-8-16/h4-10H,11-13,19H2,1-3H3. The fraction of sp³-hybridized carbons (Fsp3) is 0.333. The van der Waals surface area contributed by atoms with Crippen molar-refractivity contribution in [1.29, 1.82) is 0 Å². The largest absolute Gasteiger partial charge is 0.496 e. The minimum Gasteiger partial charge on any atom is -0.496 e. The lowest BCUT2D eigenvalue weighted by Gasteiger charge is -2.19. The summed E-state index contributed by atoms with van der Waals surface area (Å²) in [5.74, 6) is 0.950. The van der Waals surface area contributed by atoms with Gasteiger partial charge in [0.05, 0.1) is 7.11 Å².